The molecule has 0 unspecified atom stereocenters. The lowest BCUT2D eigenvalue weighted by Gasteiger charge is -2.44. The van der Waals surface area contributed by atoms with Crippen LogP contribution in [0.5, 0.6) is 0 Å². The monoisotopic (exact) mass is 268 g/mol. The van der Waals surface area contributed by atoms with Crippen LogP contribution in [0.2, 0.25) is 0 Å². The normalized spacial score (nSPS) is 20.6. The molecule has 0 bridgehead atoms. The lowest BCUT2D eigenvalue weighted by atomic mass is 9.97. The van der Waals surface area contributed by atoms with E-state index in [0.29, 0.717) is 18.5 Å². The second kappa shape index (κ2) is 6.19. The molecule has 0 aromatic carbocycles. The second-order valence-electron chi connectivity index (χ2n) is 5.31. The van der Waals surface area contributed by atoms with Crippen molar-refractivity contribution in [1.29, 1.82) is 0 Å². The van der Waals surface area contributed by atoms with Crippen LogP contribution in [0.1, 0.15) is 27.2 Å². The molecule has 0 N–H and O–H groups in total. The highest BCUT2D eigenvalue weighted by molar-refractivity contribution is 5.88. The van der Waals surface area contributed by atoms with Crippen molar-refractivity contribution in [1.82, 2.24) is 9.80 Å². The molecular formula is C14H24N2O3. The first-order valence-corrected chi connectivity index (χ1v) is 6.62. The first kappa shape index (κ1) is 15.7. The van der Waals surface area contributed by atoms with Crippen LogP contribution >= 0.6 is 0 Å². The third-order valence-corrected chi connectivity index (χ3v) is 3.75. The van der Waals surface area contributed by atoms with Crippen LogP contribution < -0.4 is 0 Å². The van der Waals surface area contributed by atoms with Crippen LogP contribution in [-0.2, 0) is 14.3 Å². The Morgan fingerprint density at radius 1 is 1.42 bits per heavy atom. The van der Waals surface area contributed by atoms with Gasteiger partial charge in [0, 0.05) is 32.3 Å². The summed E-state index contributed by atoms with van der Waals surface area (Å²) in [4.78, 5) is 27.5. The van der Waals surface area contributed by atoms with Crippen LogP contribution in [0.15, 0.2) is 11.6 Å². The first-order valence-electron chi connectivity index (χ1n) is 6.62. The zero-order valence-corrected chi connectivity index (χ0v) is 12.5. The summed E-state index contributed by atoms with van der Waals surface area (Å²) >= 11 is 0. The van der Waals surface area contributed by atoms with Gasteiger partial charge in [-0.25, -0.2) is 4.79 Å². The number of carbonyl (C=O) groups is 2. The van der Waals surface area contributed by atoms with E-state index in [0.717, 1.165) is 13.1 Å². The van der Waals surface area contributed by atoms with Gasteiger partial charge in [-0.15, -0.1) is 0 Å². The number of rotatable bonds is 4. The van der Waals surface area contributed by atoms with Gasteiger partial charge in [0.05, 0.1) is 12.6 Å². The Bertz CT molecular complexity index is 388. The Morgan fingerprint density at radius 3 is 2.58 bits per heavy atom. The fourth-order valence-electron chi connectivity index (χ4n) is 2.30. The molecular weight excluding hydrogens is 244 g/mol. The fraction of sp³-hybridized carbons (Fsp3) is 0.714. The average Bonchev–Trinajstić information content (AvgIpc) is 2.38. The summed E-state index contributed by atoms with van der Waals surface area (Å²) in [5.74, 6) is -0.177. The molecule has 5 heteroatoms. The summed E-state index contributed by atoms with van der Waals surface area (Å²) in [5.41, 5.74) is 0.128. The van der Waals surface area contributed by atoms with Gasteiger partial charge in [-0.05, 0) is 20.3 Å². The predicted molar refractivity (Wildman–Crippen MR) is 73.7 cm³/mol. The minimum Gasteiger partial charge on any atom is -0.466 e. The quantitative estimate of drug-likeness (QED) is 0.565. The Labute approximate surface area is 115 Å². The summed E-state index contributed by atoms with van der Waals surface area (Å²) in [6, 6.07) is 0. The fourth-order valence-corrected chi connectivity index (χ4v) is 2.30. The highest BCUT2D eigenvalue weighted by Gasteiger charge is 2.39. The molecule has 0 saturated carbocycles. The van der Waals surface area contributed by atoms with Crippen molar-refractivity contribution in [2.75, 3.05) is 33.8 Å². The van der Waals surface area contributed by atoms with Crippen molar-refractivity contribution in [3.63, 3.8) is 0 Å². The number of carbonyl (C=O) groups excluding carboxylic acids is 2. The molecule has 0 aliphatic carbocycles. The number of ether oxygens (including phenoxy) is 1. The zero-order valence-electron chi connectivity index (χ0n) is 12.5. The van der Waals surface area contributed by atoms with E-state index in [1.165, 1.54) is 7.11 Å². The number of amides is 1. The number of hydrogen-bond acceptors (Lipinski definition) is 4. The van der Waals surface area contributed by atoms with Gasteiger partial charge in [-0.1, -0.05) is 13.0 Å². The largest absolute Gasteiger partial charge is 0.466 e. The molecule has 0 aromatic heterocycles. The van der Waals surface area contributed by atoms with Gasteiger partial charge >= 0.3 is 5.97 Å². The number of methoxy groups -OCH3 is 1. The Balaban J connectivity index is 2.79. The Morgan fingerprint density at radius 2 is 2.05 bits per heavy atom. The molecule has 108 valence electrons. The minimum absolute atomic E-state index is 0.114. The molecule has 0 aromatic rings. The number of hydrogen-bond donors (Lipinski definition) is 0. The highest BCUT2D eigenvalue weighted by Crippen LogP contribution is 2.21. The van der Waals surface area contributed by atoms with E-state index in [1.807, 2.05) is 33.9 Å². The van der Waals surface area contributed by atoms with E-state index >= 15 is 0 Å². The Kier molecular flexibility index (Phi) is 5.11. The van der Waals surface area contributed by atoms with Crippen molar-refractivity contribution in [3.8, 4) is 0 Å². The summed E-state index contributed by atoms with van der Waals surface area (Å²) < 4.78 is 4.73. The number of esters is 1. The maximum absolute atomic E-state index is 12.1. The van der Waals surface area contributed by atoms with Gasteiger partial charge < -0.3 is 9.64 Å². The molecule has 1 aliphatic heterocycles. The van der Waals surface area contributed by atoms with E-state index in [2.05, 4.69) is 4.90 Å². The van der Waals surface area contributed by atoms with Gasteiger partial charge in [0.15, 0.2) is 0 Å². The predicted octanol–water partition coefficient (Wildman–Crippen LogP) is 1.05. The van der Waals surface area contributed by atoms with E-state index < -0.39 is 5.54 Å². The van der Waals surface area contributed by atoms with E-state index in [1.54, 1.807) is 4.90 Å². The maximum Gasteiger partial charge on any atom is 0.333 e. The van der Waals surface area contributed by atoms with Gasteiger partial charge in [0.25, 0.3) is 0 Å². The lowest BCUT2D eigenvalue weighted by Crippen LogP contribution is -2.61. The van der Waals surface area contributed by atoms with Crippen LogP contribution in [0.4, 0.5) is 0 Å². The number of likely N-dealkylation sites (N-methyl/N-ethyl adjacent to an activating group) is 1. The molecule has 0 radical (unpaired) electrons. The maximum atomic E-state index is 12.1. The van der Waals surface area contributed by atoms with Crippen LogP contribution in [0, 0.1) is 0 Å². The summed E-state index contributed by atoms with van der Waals surface area (Å²) in [6.45, 7) is 7.87. The molecule has 0 spiro atoms. The zero-order chi connectivity index (χ0) is 14.6. The SMILES string of the molecule is CCC(=CCN1CCN(C)C(=O)C1(C)C)C(=O)OC. The molecule has 1 aliphatic rings. The summed E-state index contributed by atoms with van der Waals surface area (Å²) in [7, 11) is 3.21. The molecule has 1 amide bonds. The van der Waals surface area contributed by atoms with Crippen LogP contribution in [0.3, 0.4) is 0 Å². The van der Waals surface area contributed by atoms with Gasteiger partial charge in [-0.2, -0.15) is 0 Å². The van der Waals surface area contributed by atoms with Gasteiger partial charge in [0.2, 0.25) is 5.91 Å². The van der Waals surface area contributed by atoms with Crippen molar-refractivity contribution >= 4 is 11.9 Å². The van der Waals surface area contributed by atoms with Gasteiger partial charge in [-0.3, -0.25) is 9.69 Å². The Hall–Kier alpha value is -1.36. The molecule has 5 nitrogen and oxygen atoms in total. The van der Waals surface area contributed by atoms with Crippen molar-refractivity contribution < 1.29 is 14.3 Å². The van der Waals surface area contributed by atoms with E-state index in [9.17, 15) is 9.59 Å². The minimum atomic E-state index is -0.529. The number of nitrogens with zero attached hydrogens (tertiary/aromatic N) is 2. The molecule has 1 rings (SSSR count). The third kappa shape index (κ3) is 3.35. The van der Waals surface area contributed by atoms with Crippen molar-refractivity contribution in [2.45, 2.75) is 32.7 Å². The first-order chi connectivity index (χ1) is 8.84. The molecule has 1 heterocycles. The molecule has 19 heavy (non-hydrogen) atoms. The second-order valence-corrected chi connectivity index (χ2v) is 5.31. The third-order valence-electron chi connectivity index (χ3n) is 3.75. The summed E-state index contributed by atoms with van der Waals surface area (Å²) in [5, 5.41) is 0. The highest BCUT2D eigenvalue weighted by atomic mass is 16.5. The molecule has 1 fully saturated rings. The smallest absolute Gasteiger partial charge is 0.333 e. The molecule has 1 saturated heterocycles. The average molecular weight is 268 g/mol. The van der Waals surface area contributed by atoms with Crippen LogP contribution in [0.25, 0.3) is 0 Å². The van der Waals surface area contributed by atoms with Crippen LogP contribution in [-0.4, -0.2) is 61.0 Å². The van der Waals surface area contributed by atoms with Gasteiger partial charge in [0.1, 0.15) is 0 Å². The van der Waals surface area contributed by atoms with Crippen molar-refractivity contribution in [2.24, 2.45) is 0 Å². The van der Waals surface area contributed by atoms with E-state index in [4.69, 9.17) is 4.74 Å². The topological polar surface area (TPSA) is 49.9 Å². The number of piperazine rings is 1. The summed E-state index contributed by atoms with van der Waals surface area (Å²) in [6.07, 6.45) is 2.50. The lowest BCUT2D eigenvalue weighted by molar-refractivity contribution is -0.146. The standard InChI is InChI=1S/C14H24N2O3/c1-6-11(12(17)19-5)7-8-16-10-9-15(4)13(18)14(16,2)3/h7H,6,8-10H2,1-5H3. The van der Waals surface area contributed by atoms with E-state index in [-0.39, 0.29) is 11.9 Å². The molecule has 0 atom stereocenters. The van der Waals surface area contributed by atoms with Crippen molar-refractivity contribution in [3.05, 3.63) is 11.6 Å².